The predicted octanol–water partition coefficient (Wildman–Crippen LogP) is 1.42. The highest BCUT2D eigenvalue weighted by Gasteiger charge is 1.74. The van der Waals surface area contributed by atoms with Gasteiger partial charge < -0.3 is 5.48 Å². The average molecular weight is 174 g/mol. The summed E-state index contributed by atoms with van der Waals surface area (Å²) in [6, 6.07) is 10.5. The number of rotatable bonds is 0. The molecule has 1 nitrogen and oxygen atoms in total. The van der Waals surface area contributed by atoms with E-state index in [4.69, 9.17) is 0 Å². The molecule has 8 heavy (non-hydrogen) atoms. The Morgan fingerprint density at radius 2 is 1.75 bits per heavy atom. The molecule has 0 atom stereocenters. The van der Waals surface area contributed by atoms with Crippen LogP contribution in [0.15, 0.2) is 28.7 Å². The molecule has 0 aliphatic carbocycles. The zero-order chi connectivity index (χ0) is 5.11. The molecular formula is C6H6BrO. The lowest BCUT2D eigenvalue weighted by Gasteiger charge is -1.79. The van der Waals surface area contributed by atoms with Gasteiger partial charge in [0, 0.05) is 4.47 Å². The van der Waals surface area contributed by atoms with E-state index in [0.29, 0.717) is 0 Å². The molecule has 2 heteroatoms. The SMILES string of the molecule is Brc1cc[c]cc1.O. The summed E-state index contributed by atoms with van der Waals surface area (Å²) in [6.07, 6.45) is 0. The van der Waals surface area contributed by atoms with Crippen LogP contribution in [0, 0.1) is 6.07 Å². The van der Waals surface area contributed by atoms with Crippen molar-refractivity contribution >= 4 is 15.9 Å². The Kier molecular flexibility index (Phi) is 3.48. The minimum absolute atomic E-state index is 0. The van der Waals surface area contributed by atoms with Gasteiger partial charge in [-0.1, -0.05) is 28.1 Å². The van der Waals surface area contributed by atoms with E-state index < -0.39 is 0 Å². The number of hydrogen-bond donors (Lipinski definition) is 0. The molecule has 1 aromatic carbocycles. The molecule has 1 aromatic rings. The van der Waals surface area contributed by atoms with Gasteiger partial charge in [-0.15, -0.1) is 0 Å². The van der Waals surface area contributed by atoms with Crippen LogP contribution in [-0.4, -0.2) is 5.48 Å². The molecule has 0 unspecified atom stereocenters. The van der Waals surface area contributed by atoms with Crippen LogP contribution in [0.3, 0.4) is 0 Å². The van der Waals surface area contributed by atoms with Gasteiger partial charge in [0.05, 0.1) is 0 Å². The third-order valence-electron chi connectivity index (χ3n) is 0.678. The molecule has 0 fully saturated rings. The number of benzene rings is 1. The fraction of sp³-hybridized carbons (Fsp3) is 0. The highest BCUT2D eigenvalue weighted by molar-refractivity contribution is 9.10. The Morgan fingerprint density at radius 3 is 2.00 bits per heavy atom. The minimum atomic E-state index is 0. The zero-order valence-electron chi connectivity index (χ0n) is 4.19. The lowest BCUT2D eigenvalue weighted by Crippen LogP contribution is -1.56. The van der Waals surface area contributed by atoms with Crippen molar-refractivity contribution in [2.24, 2.45) is 0 Å². The average Bonchev–Trinajstić information content (AvgIpc) is 1.69. The highest BCUT2D eigenvalue weighted by Crippen LogP contribution is 2.04. The van der Waals surface area contributed by atoms with Gasteiger partial charge >= 0.3 is 0 Å². The Labute approximate surface area is 56.8 Å². The van der Waals surface area contributed by atoms with Crippen molar-refractivity contribution in [3.8, 4) is 0 Å². The largest absolute Gasteiger partial charge is 0.412 e. The maximum Gasteiger partial charge on any atom is 0.0175 e. The highest BCUT2D eigenvalue weighted by atomic mass is 79.9. The summed E-state index contributed by atoms with van der Waals surface area (Å²) in [5.74, 6) is 0. The Bertz CT molecular complexity index is 138. The Morgan fingerprint density at radius 1 is 1.25 bits per heavy atom. The summed E-state index contributed by atoms with van der Waals surface area (Å²) in [6.45, 7) is 0. The maximum absolute atomic E-state index is 3.29. The summed E-state index contributed by atoms with van der Waals surface area (Å²) in [5, 5.41) is 0. The topological polar surface area (TPSA) is 31.5 Å². The van der Waals surface area contributed by atoms with Crippen molar-refractivity contribution < 1.29 is 5.48 Å². The number of halogens is 1. The van der Waals surface area contributed by atoms with E-state index in [1.54, 1.807) is 0 Å². The van der Waals surface area contributed by atoms with Gasteiger partial charge in [-0.25, -0.2) is 0 Å². The molecule has 1 rings (SSSR count). The molecule has 0 spiro atoms. The van der Waals surface area contributed by atoms with E-state index >= 15 is 0 Å². The van der Waals surface area contributed by atoms with Gasteiger partial charge in [0.1, 0.15) is 0 Å². The third-order valence-corrected chi connectivity index (χ3v) is 1.21. The lowest BCUT2D eigenvalue weighted by molar-refractivity contribution is 0.824. The maximum atomic E-state index is 3.29. The van der Waals surface area contributed by atoms with E-state index in [1.807, 2.05) is 24.3 Å². The van der Waals surface area contributed by atoms with Gasteiger partial charge in [-0.2, -0.15) is 0 Å². The molecule has 0 amide bonds. The van der Waals surface area contributed by atoms with E-state index in [1.165, 1.54) is 0 Å². The molecule has 0 aromatic heterocycles. The van der Waals surface area contributed by atoms with Crippen molar-refractivity contribution in [3.05, 3.63) is 34.8 Å². The van der Waals surface area contributed by atoms with E-state index in [2.05, 4.69) is 22.0 Å². The molecule has 0 bridgehead atoms. The first kappa shape index (κ1) is 7.66. The summed E-state index contributed by atoms with van der Waals surface area (Å²) < 4.78 is 1.10. The first-order valence-corrected chi connectivity index (χ1v) is 2.80. The van der Waals surface area contributed by atoms with Crippen LogP contribution in [0.5, 0.6) is 0 Å². The molecule has 0 aliphatic rings. The van der Waals surface area contributed by atoms with E-state index in [9.17, 15) is 0 Å². The molecule has 1 radical (unpaired) electrons. The number of hydrogen-bond acceptors (Lipinski definition) is 0. The molecular weight excluding hydrogens is 168 g/mol. The second-order valence-corrected chi connectivity index (χ2v) is 2.13. The Balaban J connectivity index is 0.000000490. The van der Waals surface area contributed by atoms with Crippen molar-refractivity contribution in [1.29, 1.82) is 0 Å². The smallest absolute Gasteiger partial charge is 0.0175 e. The van der Waals surface area contributed by atoms with Crippen molar-refractivity contribution in [1.82, 2.24) is 0 Å². The van der Waals surface area contributed by atoms with Crippen LogP contribution in [0.1, 0.15) is 0 Å². The van der Waals surface area contributed by atoms with Crippen molar-refractivity contribution in [2.75, 3.05) is 0 Å². The summed E-state index contributed by atoms with van der Waals surface area (Å²) in [7, 11) is 0. The molecule has 43 valence electrons. The minimum Gasteiger partial charge on any atom is -0.412 e. The fourth-order valence-corrected chi connectivity index (χ4v) is 0.631. The monoisotopic (exact) mass is 173 g/mol. The van der Waals surface area contributed by atoms with Crippen LogP contribution in [0.4, 0.5) is 0 Å². The molecule has 0 aliphatic heterocycles. The van der Waals surface area contributed by atoms with Crippen LogP contribution in [0.2, 0.25) is 0 Å². The van der Waals surface area contributed by atoms with Crippen molar-refractivity contribution in [3.63, 3.8) is 0 Å². The van der Waals surface area contributed by atoms with Crippen LogP contribution in [0.25, 0.3) is 0 Å². The van der Waals surface area contributed by atoms with Gasteiger partial charge in [0.15, 0.2) is 0 Å². The first-order chi connectivity index (χ1) is 3.39. The standard InChI is InChI=1S/C6H4Br.H2O/c7-6-4-2-1-3-5-6;/h2-5H;1H2. The van der Waals surface area contributed by atoms with Crippen LogP contribution >= 0.6 is 15.9 Å². The van der Waals surface area contributed by atoms with Crippen LogP contribution in [-0.2, 0) is 0 Å². The zero-order valence-corrected chi connectivity index (χ0v) is 5.77. The Hall–Kier alpha value is -0.340. The van der Waals surface area contributed by atoms with Gasteiger partial charge in [0.2, 0.25) is 0 Å². The quantitative estimate of drug-likeness (QED) is 0.569. The van der Waals surface area contributed by atoms with Gasteiger partial charge in [-0.05, 0) is 18.2 Å². The third kappa shape index (κ3) is 2.09. The molecule has 0 saturated heterocycles. The first-order valence-electron chi connectivity index (χ1n) is 2.01. The van der Waals surface area contributed by atoms with Gasteiger partial charge in [-0.3, -0.25) is 0 Å². The lowest BCUT2D eigenvalue weighted by atomic mass is 10.4. The fourth-order valence-electron chi connectivity index (χ4n) is 0.367. The molecule has 2 N–H and O–H groups in total. The summed E-state index contributed by atoms with van der Waals surface area (Å²) in [4.78, 5) is 0. The normalized spacial score (nSPS) is 7.62. The van der Waals surface area contributed by atoms with E-state index in [0.717, 1.165) is 4.47 Å². The van der Waals surface area contributed by atoms with E-state index in [-0.39, 0.29) is 5.48 Å². The van der Waals surface area contributed by atoms with Crippen molar-refractivity contribution in [2.45, 2.75) is 0 Å². The predicted molar refractivity (Wildman–Crippen MR) is 36.6 cm³/mol. The molecule has 0 saturated carbocycles. The summed E-state index contributed by atoms with van der Waals surface area (Å²) in [5.41, 5.74) is 0. The molecule has 0 heterocycles. The summed E-state index contributed by atoms with van der Waals surface area (Å²) >= 11 is 3.29. The van der Waals surface area contributed by atoms with Gasteiger partial charge in [0.25, 0.3) is 0 Å². The van der Waals surface area contributed by atoms with Crippen LogP contribution < -0.4 is 0 Å². The second-order valence-electron chi connectivity index (χ2n) is 1.22. The second kappa shape index (κ2) is 3.64.